The molecule has 0 atom stereocenters. The number of hydrogen-bond acceptors (Lipinski definition) is 7. The molecule has 4 aromatic rings. The molecule has 0 saturated carbocycles. The van der Waals surface area contributed by atoms with Crippen molar-refractivity contribution in [3.05, 3.63) is 60.2 Å². The van der Waals surface area contributed by atoms with Crippen LogP contribution in [0, 0.1) is 5.82 Å². The van der Waals surface area contributed by atoms with Gasteiger partial charge < -0.3 is 16.0 Å². The lowest BCUT2D eigenvalue weighted by atomic mass is 10.2. The molecule has 4 aromatic heterocycles. The summed E-state index contributed by atoms with van der Waals surface area (Å²) in [6.45, 7) is 0.896. The number of nitrogen functional groups attached to an aromatic ring is 1. The van der Waals surface area contributed by atoms with Crippen LogP contribution in [0.4, 0.5) is 15.9 Å². The molecule has 4 heterocycles. The fourth-order valence-corrected chi connectivity index (χ4v) is 2.99. The van der Waals surface area contributed by atoms with E-state index in [1.165, 1.54) is 6.20 Å². The van der Waals surface area contributed by atoms with E-state index < -0.39 is 11.7 Å². The lowest BCUT2D eigenvalue weighted by molar-refractivity contribution is 0.102. The maximum atomic E-state index is 13.4. The predicted octanol–water partition coefficient (Wildman–Crippen LogP) is 1.39. The van der Waals surface area contributed by atoms with Crippen LogP contribution < -0.4 is 11.1 Å². The van der Waals surface area contributed by atoms with Crippen molar-refractivity contribution in [2.45, 2.75) is 6.42 Å². The second kappa shape index (κ2) is 7.87. The van der Waals surface area contributed by atoms with E-state index in [0.717, 1.165) is 35.4 Å². The average molecular weight is 409 g/mol. The smallest absolute Gasteiger partial charge is 0.263 e. The Bertz CT molecular complexity index is 1210. The molecule has 154 valence electrons. The monoisotopic (exact) mass is 409 g/mol. The molecule has 0 spiro atoms. The van der Waals surface area contributed by atoms with Crippen LogP contribution in [0.5, 0.6) is 0 Å². The molecule has 1 amide bonds. The first-order valence-corrected chi connectivity index (χ1v) is 9.15. The Kier molecular flexibility index (Phi) is 5.11. The summed E-state index contributed by atoms with van der Waals surface area (Å²) >= 11 is 0. The molecule has 0 radical (unpaired) electrons. The van der Waals surface area contributed by atoms with Crippen LogP contribution in [-0.4, -0.2) is 60.8 Å². The molecule has 10 nitrogen and oxygen atoms in total. The summed E-state index contributed by atoms with van der Waals surface area (Å²) in [7, 11) is 4.02. The van der Waals surface area contributed by atoms with Gasteiger partial charge in [-0.2, -0.15) is 5.10 Å². The molecular weight excluding hydrogens is 389 g/mol. The third kappa shape index (κ3) is 3.82. The topological polar surface area (TPSA) is 119 Å². The molecular formula is C19H20FN9O. The molecule has 0 aliphatic rings. The highest BCUT2D eigenvalue weighted by molar-refractivity contribution is 6.12. The zero-order valence-electron chi connectivity index (χ0n) is 16.4. The molecule has 30 heavy (non-hydrogen) atoms. The Labute approximate surface area is 171 Å². The van der Waals surface area contributed by atoms with Crippen molar-refractivity contribution in [1.29, 1.82) is 0 Å². The van der Waals surface area contributed by atoms with Crippen LogP contribution in [0.25, 0.3) is 11.3 Å². The molecule has 4 rings (SSSR count). The van der Waals surface area contributed by atoms with Gasteiger partial charge in [-0.3, -0.25) is 9.78 Å². The van der Waals surface area contributed by atoms with Crippen LogP contribution in [0.1, 0.15) is 15.9 Å². The van der Waals surface area contributed by atoms with E-state index in [-0.39, 0.29) is 17.0 Å². The summed E-state index contributed by atoms with van der Waals surface area (Å²) in [4.78, 5) is 23.0. The third-order valence-electron chi connectivity index (χ3n) is 4.47. The lowest BCUT2D eigenvalue weighted by Gasteiger charge is -2.10. The van der Waals surface area contributed by atoms with Crippen molar-refractivity contribution in [3.63, 3.8) is 0 Å². The molecule has 11 heteroatoms. The Morgan fingerprint density at radius 2 is 2.10 bits per heavy atom. The summed E-state index contributed by atoms with van der Waals surface area (Å²) in [5, 5.41) is 11.1. The number of anilines is 2. The standard InChI is InChI=1S/C19H20FN9O/c1-27(2)6-4-12-7-24-28(10-12)15-3-5-22-9-14(15)25-19(30)16-17(21)26-29-11-13(20)8-23-18(16)29/h3,5,7-11H,4,6H2,1-2H3,(H2,21,26)(H,25,30). The van der Waals surface area contributed by atoms with Crippen LogP contribution in [0.15, 0.2) is 43.2 Å². The normalized spacial score (nSPS) is 11.3. The fourth-order valence-electron chi connectivity index (χ4n) is 2.99. The Hall–Kier alpha value is -3.86. The highest BCUT2D eigenvalue weighted by atomic mass is 19.1. The SMILES string of the molecule is CN(C)CCc1cnn(-c2ccncc2NC(=O)c2c(N)nn3cc(F)cnc23)c1. The molecule has 0 aromatic carbocycles. The number of fused-ring (bicyclic) bond motifs is 1. The van der Waals surface area contributed by atoms with Gasteiger partial charge in [-0.25, -0.2) is 18.6 Å². The summed E-state index contributed by atoms with van der Waals surface area (Å²) in [5.74, 6) is -1.17. The highest BCUT2D eigenvalue weighted by Crippen LogP contribution is 2.22. The van der Waals surface area contributed by atoms with E-state index in [1.807, 2.05) is 20.3 Å². The maximum Gasteiger partial charge on any atom is 0.263 e. The molecule has 0 aliphatic heterocycles. The summed E-state index contributed by atoms with van der Waals surface area (Å²) in [6, 6.07) is 1.74. The van der Waals surface area contributed by atoms with Gasteiger partial charge >= 0.3 is 0 Å². The Morgan fingerprint density at radius 1 is 1.27 bits per heavy atom. The quantitative estimate of drug-likeness (QED) is 0.494. The van der Waals surface area contributed by atoms with E-state index in [0.29, 0.717) is 11.4 Å². The van der Waals surface area contributed by atoms with Crippen molar-refractivity contribution in [1.82, 2.24) is 34.3 Å². The number of nitrogens with zero attached hydrogens (tertiary/aromatic N) is 7. The van der Waals surface area contributed by atoms with E-state index in [9.17, 15) is 9.18 Å². The minimum absolute atomic E-state index is 0.0527. The van der Waals surface area contributed by atoms with Gasteiger partial charge in [0.25, 0.3) is 5.91 Å². The summed E-state index contributed by atoms with van der Waals surface area (Å²) in [5.41, 5.74) is 8.23. The van der Waals surface area contributed by atoms with Crippen molar-refractivity contribution in [2.24, 2.45) is 0 Å². The number of pyridine rings is 1. The first-order chi connectivity index (χ1) is 14.4. The van der Waals surface area contributed by atoms with E-state index in [2.05, 4.69) is 30.4 Å². The Morgan fingerprint density at radius 3 is 2.90 bits per heavy atom. The van der Waals surface area contributed by atoms with Crippen molar-refractivity contribution in [2.75, 3.05) is 31.7 Å². The largest absolute Gasteiger partial charge is 0.381 e. The number of hydrogen-bond donors (Lipinski definition) is 2. The van der Waals surface area contributed by atoms with Gasteiger partial charge in [-0.1, -0.05) is 0 Å². The van der Waals surface area contributed by atoms with Crippen LogP contribution in [0.3, 0.4) is 0 Å². The van der Waals surface area contributed by atoms with E-state index >= 15 is 0 Å². The first kappa shape index (κ1) is 19.5. The van der Waals surface area contributed by atoms with E-state index in [4.69, 9.17) is 5.73 Å². The zero-order chi connectivity index (χ0) is 21.3. The highest BCUT2D eigenvalue weighted by Gasteiger charge is 2.21. The second-order valence-corrected chi connectivity index (χ2v) is 6.99. The van der Waals surface area contributed by atoms with Crippen molar-refractivity contribution < 1.29 is 9.18 Å². The molecule has 0 unspecified atom stereocenters. The molecule has 0 fully saturated rings. The fraction of sp³-hybridized carbons (Fsp3) is 0.211. The first-order valence-electron chi connectivity index (χ1n) is 9.15. The van der Waals surface area contributed by atoms with Gasteiger partial charge in [0.15, 0.2) is 17.3 Å². The number of rotatable bonds is 6. The molecule has 3 N–H and O–H groups in total. The van der Waals surface area contributed by atoms with Gasteiger partial charge in [0.2, 0.25) is 0 Å². The minimum Gasteiger partial charge on any atom is -0.381 e. The maximum absolute atomic E-state index is 13.4. The number of carbonyl (C=O) groups excluding carboxylic acids is 1. The van der Waals surface area contributed by atoms with Gasteiger partial charge in [0, 0.05) is 18.9 Å². The Balaban J connectivity index is 1.62. The van der Waals surface area contributed by atoms with Crippen LogP contribution >= 0.6 is 0 Å². The predicted molar refractivity (Wildman–Crippen MR) is 109 cm³/mol. The van der Waals surface area contributed by atoms with Crippen molar-refractivity contribution in [3.8, 4) is 5.69 Å². The van der Waals surface area contributed by atoms with E-state index in [1.54, 1.807) is 23.1 Å². The minimum atomic E-state index is -0.588. The van der Waals surface area contributed by atoms with Crippen molar-refractivity contribution >= 4 is 23.1 Å². The number of nitrogens with one attached hydrogen (secondary N) is 1. The van der Waals surface area contributed by atoms with Gasteiger partial charge in [-0.05, 0) is 32.1 Å². The molecule has 0 bridgehead atoms. The molecule has 0 saturated heterocycles. The average Bonchev–Trinajstić information content (AvgIpc) is 3.30. The number of aromatic nitrogens is 6. The van der Waals surface area contributed by atoms with Gasteiger partial charge in [-0.15, -0.1) is 5.10 Å². The van der Waals surface area contributed by atoms with Gasteiger partial charge in [0.05, 0.1) is 36.2 Å². The third-order valence-corrected chi connectivity index (χ3v) is 4.47. The summed E-state index contributed by atoms with van der Waals surface area (Å²) < 4.78 is 16.2. The lowest BCUT2D eigenvalue weighted by Crippen LogP contribution is -2.16. The van der Waals surface area contributed by atoms with Crippen LogP contribution in [-0.2, 0) is 6.42 Å². The number of amides is 1. The number of likely N-dealkylation sites (N-methyl/N-ethyl adjacent to an activating group) is 1. The number of carbonyl (C=O) groups is 1. The van der Waals surface area contributed by atoms with Crippen LogP contribution in [0.2, 0.25) is 0 Å². The second-order valence-electron chi connectivity index (χ2n) is 6.99. The number of halogens is 1. The number of nitrogens with two attached hydrogens (primary N) is 1. The zero-order valence-corrected chi connectivity index (χ0v) is 16.4. The summed E-state index contributed by atoms with van der Waals surface area (Å²) in [6.07, 6.45) is 9.77. The molecule has 0 aliphatic carbocycles. The van der Waals surface area contributed by atoms with Gasteiger partial charge in [0.1, 0.15) is 5.56 Å².